The van der Waals surface area contributed by atoms with Gasteiger partial charge >= 0.3 is 0 Å². The molecule has 0 unspecified atom stereocenters. The van der Waals surface area contributed by atoms with E-state index in [1.807, 2.05) is 0 Å². The number of aryl methyl sites for hydroxylation is 1. The molecule has 7 heteroatoms. The van der Waals surface area contributed by atoms with Gasteiger partial charge in [0.05, 0.1) is 17.2 Å². The first kappa shape index (κ1) is 11.1. The Kier molecular flexibility index (Phi) is 2.47. The van der Waals surface area contributed by atoms with Crippen molar-refractivity contribution in [3.8, 4) is 0 Å². The fourth-order valence-corrected chi connectivity index (χ4v) is 2.42. The molecule has 0 atom stereocenters. The van der Waals surface area contributed by atoms with E-state index in [-0.39, 0.29) is 21.4 Å². The van der Waals surface area contributed by atoms with Gasteiger partial charge in [0.15, 0.2) is 0 Å². The minimum Gasteiger partial charge on any atom is -0.302 e. The molecule has 2 aromatic rings. The molecule has 1 heterocycles. The van der Waals surface area contributed by atoms with E-state index in [2.05, 4.69) is 4.98 Å². The molecule has 0 fully saturated rings. The molecule has 0 aliphatic rings. The summed E-state index contributed by atoms with van der Waals surface area (Å²) in [5, 5.41) is 0.228. The Bertz CT molecular complexity index is 721. The predicted molar refractivity (Wildman–Crippen MR) is 60.0 cm³/mol. The van der Waals surface area contributed by atoms with Crippen LogP contribution in [0.25, 0.3) is 10.9 Å². The predicted octanol–water partition coefficient (Wildman–Crippen LogP) is 0.861. The maximum Gasteiger partial charge on any atom is 0.263 e. The standard InChI is InChI=1S/C9H7ClN2O3S/c1-12-5-11-8-6(9(12)13)3-2-4-7(8)16(10,14)15/h2-5H,1H3. The minimum atomic E-state index is -3.90. The fourth-order valence-electron chi connectivity index (χ4n) is 1.41. The van der Waals surface area contributed by atoms with Gasteiger partial charge in [-0.25, -0.2) is 13.4 Å². The molecule has 2 rings (SSSR count). The fraction of sp³-hybridized carbons (Fsp3) is 0.111. The molecule has 0 radical (unpaired) electrons. The maximum absolute atomic E-state index is 11.7. The molecule has 0 saturated heterocycles. The molecular weight excluding hydrogens is 252 g/mol. The average Bonchev–Trinajstić information content (AvgIpc) is 2.21. The van der Waals surface area contributed by atoms with Crippen molar-refractivity contribution in [3.05, 3.63) is 34.9 Å². The van der Waals surface area contributed by atoms with Gasteiger partial charge in [-0.1, -0.05) is 6.07 Å². The highest BCUT2D eigenvalue weighted by Crippen LogP contribution is 2.21. The van der Waals surface area contributed by atoms with E-state index in [1.165, 1.54) is 36.1 Å². The zero-order valence-corrected chi connectivity index (χ0v) is 9.79. The first-order chi connectivity index (χ1) is 7.41. The number of benzene rings is 1. The van der Waals surface area contributed by atoms with Gasteiger partial charge < -0.3 is 4.57 Å². The van der Waals surface area contributed by atoms with Gasteiger partial charge in [0, 0.05) is 17.7 Å². The zero-order chi connectivity index (χ0) is 11.9. The first-order valence-corrected chi connectivity index (χ1v) is 6.61. The van der Waals surface area contributed by atoms with Crippen LogP contribution < -0.4 is 5.56 Å². The van der Waals surface area contributed by atoms with Crippen LogP contribution in [0.1, 0.15) is 0 Å². The first-order valence-electron chi connectivity index (χ1n) is 4.30. The number of nitrogens with zero attached hydrogens (tertiary/aromatic N) is 2. The summed E-state index contributed by atoms with van der Waals surface area (Å²) in [5.74, 6) is 0. The molecule has 0 N–H and O–H groups in total. The number of fused-ring (bicyclic) bond motifs is 1. The quantitative estimate of drug-likeness (QED) is 0.712. The van der Waals surface area contributed by atoms with Gasteiger partial charge in [-0.15, -0.1) is 0 Å². The Morgan fingerprint density at radius 2 is 2.06 bits per heavy atom. The van der Waals surface area contributed by atoms with E-state index in [9.17, 15) is 13.2 Å². The lowest BCUT2D eigenvalue weighted by Crippen LogP contribution is -2.17. The lowest BCUT2D eigenvalue weighted by atomic mass is 10.2. The number of para-hydroxylation sites is 1. The molecule has 84 valence electrons. The summed E-state index contributed by atoms with van der Waals surface area (Å²) in [4.78, 5) is 15.5. The highest BCUT2D eigenvalue weighted by Gasteiger charge is 2.16. The molecule has 0 bridgehead atoms. The highest BCUT2D eigenvalue weighted by atomic mass is 35.7. The third-order valence-corrected chi connectivity index (χ3v) is 3.53. The maximum atomic E-state index is 11.7. The van der Waals surface area contributed by atoms with Crippen LogP contribution in [0.15, 0.2) is 34.2 Å². The van der Waals surface area contributed by atoms with Crippen LogP contribution in [-0.2, 0) is 16.1 Å². The van der Waals surface area contributed by atoms with E-state index in [4.69, 9.17) is 10.7 Å². The molecule has 0 aliphatic heterocycles. The van der Waals surface area contributed by atoms with Gasteiger partial charge in [0.25, 0.3) is 14.6 Å². The van der Waals surface area contributed by atoms with Crippen molar-refractivity contribution in [2.45, 2.75) is 4.90 Å². The molecular formula is C9H7ClN2O3S. The van der Waals surface area contributed by atoms with E-state index in [1.54, 1.807) is 0 Å². The molecule has 0 aliphatic carbocycles. The van der Waals surface area contributed by atoms with Gasteiger partial charge in [-0.05, 0) is 12.1 Å². The van der Waals surface area contributed by atoms with Crippen molar-refractivity contribution in [1.82, 2.24) is 9.55 Å². The van der Waals surface area contributed by atoms with Crippen molar-refractivity contribution in [2.24, 2.45) is 7.05 Å². The smallest absolute Gasteiger partial charge is 0.263 e. The van der Waals surface area contributed by atoms with E-state index >= 15 is 0 Å². The summed E-state index contributed by atoms with van der Waals surface area (Å²) >= 11 is 0. The van der Waals surface area contributed by atoms with Crippen LogP contribution in [0.5, 0.6) is 0 Å². The van der Waals surface area contributed by atoms with E-state index in [0.29, 0.717) is 0 Å². The summed E-state index contributed by atoms with van der Waals surface area (Å²) in [7, 11) is 2.89. The third kappa shape index (κ3) is 1.70. The Morgan fingerprint density at radius 3 is 2.69 bits per heavy atom. The number of hydrogen-bond donors (Lipinski definition) is 0. The number of rotatable bonds is 1. The lowest BCUT2D eigenvalue weighted by molar-refractivity contribution is 0.610. The minimum absolute atomic E-state index is 0.0978. The largest absolute Gasteiger partial charge is 0.302 e. The highest BCUT2D eigenvalue weighted by molar-refractivity contribution is 8.14. The lowest BCUT2D eigenvalue weighted by Gasteiger charge is -2.03. The second-order valence-electron chi connectivity index (χ2n) is 3.25. The van der Waals surface area contributed by atoms with Gasteiger partial charge in [-0.3, -0.25) is 4.79 Å². The van der Waals surface area contributed by atoms with Crippen molar-refractivity contribution in [3.63, 3.8) is 0 Å². The summed E-state index contributed by atoms with van der Waals surface area (Å²) in [6, 6.07) is 4.29. The number of hydrogen-bond acceptors (Lipinski definition) is 4. The van der Waals surface area contributed by atoms with Gasteiger partial charge in [-0.2, -0.15) is 0 Å². The van der Waals surface area contributed by atoms with Crippen molar-refractivity contribution < 1.29 is 8.42 Å². The number of aromatic nitrogens is 2. The van der Waals surface area contributed by atoms with Crippen molar-refractivity contribution in [2.75, 3.05) is 0 Å². The van der Waals surface area contributed by atoms with Crippen LogP contribution >= 0.6 is 10.7 Å². The van der Waals surface area contributed by atoms with Crippen LogP contribution in [0.4, 0.5) is 0 Å². The topological polar surface area (TPSA) is 69.0 Å². The average molecular weight is 259 g/mol. The summed E-state index contributed by atoms with van der Waals surface area (Å²) < 4.78 is 23.8. The third-order valence-electron chi connectivity index (χ3n) is 2.17. The van der Waals surface area contributed by atoms with Crippen LogP contribution in [0.2, 0.25) is 0 Å². The van der Waals surface area contributed by atoms with Crippen molar-refractivity contribution in [1.29, 1.82) is 0 Å². The monoisotopic (exact) mass is 258 g/mol. The SMILES string of the molecule is Cn1cnc2c(S(=O)(=O)Cl)cccc2c1=O. The van der Waals surface area contributed by atoms with E-state index in [0.717, 1.165) is 0 Å². The molecule has 1 aromatic heterocycles. The second-order valence-corrected chi connectivity index (χ2v) is 5.79. The van der Waals surface area contributed by atoms with E-state index < -0.39 is 9.05 Å². The van der Waals surface area contributed by atoms with Crippen LogP contribution in [0.3, 0.4) is 0 Å². The Labute approximate surface area is 95.7 Å². The second kappa shape index (κ2) is 3.57. The van der Waals surface area contributed by atoms with Crippen molar-refractivity contribution >= 4 is 30.6 Å². The van der Waals surface area contributed by atoms with Crippen LogP contribution in [0, 0.1) is 0 Å². The summed E-state index contributed by atoms with van der Waals surface area (Å²) in [6.45, 7) is 0. The Morgan fingerprint density at radius 1 is 1.38 bits per heavy atom. The Hall–Kier alpha value is -1.40. The zero-order valence-electron chi connectivity index (χ0n) is 8.21. The molecule has 16 heavy (non-hydrogen) atoms. The summed E-state index contributed by atoms with van der Waals surface area (Å²) in [6.07, 6.45) is 1.26. The van der Waals surface area contributed by atoms with Gasteiger partial charge in [0.1, 0.15) is 4.90 Å². The molecule has 0 spiro atoms. The van der Waals surface area contributed by atoms with Crippen LogP contribution in [-0.4, -0.2) is 18.0 Å². The molecule has 0 saturated carbocycles. The Balaban J connectivity index is 3.03. The van der Waals surface area contributed by atoms with Gasteiger partial charge in [0.2, 0.25) is 0 Å². The normalized spacial score (nSPS) is 11.9. The molecule has 1 aromatic carbocycles. The molecule has 5 nitrogen and oxygen atoms in total. The summed E-state index contributed by atoms with van der Waals surface area (Å²) in [5.41, 5.74) is -0.215. The number of halogens is 1. The molecule has 0 amide bonds.